The molecule has 8 nitrogen and oxygen atoms in total. The Labute approximate surface area is 147 Å². The van der Waals surface area contributed by atoms with E-state index in [1.807, 2.05) is 0 Å². The molecule has 2 aliphatic heterocycles. The Kier molecular flexibility index (Phi) is 3.83. The molecule has 0 saturated carbocycles. The maximum atomic E-state index is 12.1. The van der Waals surface area contributed by atoms with Crippen LogP contribution in [0.3, 0.4) is 0 Å². The second kappa shape index (κ2) is 6.17. The maximum absolute atomic E-state index is 12.1. The number of hydrogen-bond donors (Lipinski definition) is 0. The van der Waals surface area contributed by atoms with Crippen LogP contribution in [-0.2, 0) is 9.68 Å². The van der Waals surface area contributed by atoms with Crippen molar-refractivity contribution in [3.05, 3.63) is 70.8 Å². The lowest BCUT2D eigenvalue weighted by atomic mass is 10.1. The number of carbonyl (C=O) groups excluding carboxylic acids is 4. The number of hydroxylamine groups is 4. The van der Waals surface area contributed by atoms with E-state index in [4.69, 9.17) is 9.68 Å². The van der Waals surface area contributed by atoms with E-state index in [0.717, 1.165) is 0 Å². The van der Waals surface area contributed by atoms with Crippen LogP contribution in [-0.4, -0.2) is 47.0 Å². The molecule has 0 bridgehead atoms. The van der Waals surface area contributed by atoms with Gasteiger partial charge in [-0.2, -0.15) is 0 Å². The van der Waals surface area contributed by atoms with Gasteiger partial charge in [-0.3, -0.25) is 28.9 Å². The van der Waals surface area contributed by atoms with E-state index in [0.29, 0.717) is 10.1 Å². The summed E-state index contributed by atoms with van der Waals surface area (Å²) in [6, 6.07) is 12.8. The molecule has 0 spiro atoms. The minimum atomic E-state index is -0.564. The highest BCUT2D eigenvalue weighted by atomic mass is 16.7. The minimum Gasteiger partial charge on any atom is -0.266 e. The molecule has 2 heterocycles. The number of hydrogen-bond acceptors (Lipinski definition) is 6. The predicted octanol–water partition coefficient (Wildman–Crippen LogP) is 1.44. The van der Waals surface area contributed by atoms with Crippen LogP contribution in [0.15, 0.2) is 48.5 Å². The van der Waals surface area contributed by atoms with Gasteiger partial charge in [-0.1, -0.05) is 24.3 Å². The van der Waals surface area contributed by atoms with Crippen LogP contribution in [0.5, 0.6) is 0 Å². The second-order valence-electron chi connectivity index (χ2n) is 5.57. The number of carbonyl (C=O) groups is 4. The number of amides is 4. The van der Waals surface area contributed by atoms with Crippen molar-refractivity contribution in [2.45, 2.75) is 0 Å². The summed E-state index contributed by atoms with van der Waals surface area (Å²) in [6.45, 7) is -0.391. The first-order valence-electron chi connectivity index (χ1n) is 7.81. The van der Waals surface area contributed by atoms with Gasteiger partial charge >= 0.3 is 0 Å². The van der Waals surface area contributed by atoms with Gasteiger partial charge in [0.05, 0.1) is 22.3 Å². The van der Waals surface area contributed by atoms with E-state index in [9.17, 15) is 19.2 Å². The molecule has 2 aliphatic rings. The number of benzene rings is 2. The molecule has 2 aromatic rings. The van der Waals surface area contributed by atoms with Crippen LogP contribution >= 0.6 is 0 Å². The first kappa shape index (κ1) is 16.1. The third-order valence-electron chi connectivity index (χ3n) is 4.04. The fraction of sp³-hybridized carbons (Fsp3) is 0.111. The number of nitrogens with zero attached hydrogens (tertiary/aromatic N) is 2. The average molecular weight is 352 g/mol. The highest BCUT2D eigenvalue weighted by molar-refractivity contribution is 6.21. The Hall–Kier alpha value is -3.36. The fourth-order valence-electron chi connectivity index (χ4n) is 2.83. The van der Waals surface area contributed by atoms with Crippen molar-refractivity contribution in [1.29, 1.82) is 0 Å². The first-order valence-corrected chi connectivity index (χ1v) is 7.81. The van der Waals surface area contributed by atoms with Crippen LogP contribution in [0.1, 0.15) is 41.4 Å². The standard InChI is InChI=1S/C18H12N2O6/c21-15-11-5-1-2-6-12(11)16(22)19(15)25-9-10-26-20-17(23)13-7-3-4-8-14(13)18(20)24/h1-8H,9-10H2. The largest absolute Gasteiger partial charge is 0.285 e. The summed E-state index contributed by atoms with van der Waals surface area (Å²) >= 11 is 0. The Bertz CT molecular complexity index is 807. The third kappa shape index (κ3) is 2.40. The van der Waals surface area contributed by atoms with E-state index in [2.05, 4.69) is 0 Å². The van der Waals surface area contributed by atoms with E-state index in [1.165, 1.54) is 24.3 Å². The minimum absolute atomic E-state index is 0.196. The summed E-state index contributed by atoms with van der Waals surface area (Å²) in [7, 11) is 0. The summed E-state index contributed by atoms with van der Waals surface area (Å²) in [5.41, 5.74) is 1.05. The van der Waals surface area contributed by atoms with E-state index in [1.54, 1.807) is 24.3 Å². The summed E-state index contributed by atoms with van der Waals surface area (Å²) in [4.78, 5) is 58.9. The van der Waals surface area contributed by atoms with Gasteiger partial charge in [0.25, 0.3) is 23.6 Å². The molecule has 4 amide bonds. The molecule has 26 heavy (non-hydrogen) atoms. The zero-order valence-electron chi connectivity index (χ0n) is 13.4. The van der Waals surface area contributed by atoms with Gasteiger partial charge in [-0.05, 0) is 24.3 Å². The Morgan fingerprint density at radius 3 is 1.08 bits per heavy atom. The molecule has 0 unspecified atom stereocenters. The quantitative estimate of drug-likeness (QED) is 0.597. The molecule has 130 valence electrons. The van der Waals surface area contributed by atoms with Crippen LogP contribution in [0.2, 0.25) is 0 Å². The van der Waals surface area contributed by atoms with Crippen molar-refractivity contribution in [2.24, 2.45) is 0 Å². The van der Waals surface area contributed by atoms with Crippen molar-refractivity contribution in [1.82, 2.24) is 10.1 Å². The van der Waals surface area contributed by atoms with Crippen LogP contribution in [0.4, 0.5) is 0 Å². The lowest BCUT2D eigenvalue weighted by Crippen LogP contribution is -2.34. The summed E-state index contributed by atoms with van der Waals surface area (Å²) in [5, 5.41) is 1.30. The molecule has 0 radical (unpaired) electrons. The second-order valence-corrected chi connectivity index (χ2v) is 5.57. The molecule has 0 aliphatic carbocycles. The van der Waals surface area contributed by atoms with E-state index >= 15 is 0 Å². The van der Waals surface area contributed by atoms with Crippen LogP contribution < -0.4 is 0 Å². The molecule has 0 atom stereocenters. The predicted molar refractivity (Wildman–Crippen MR) is 85.8 cm³/mol. The summed E-state index contributed by atoms with van der Waals surface area (Å²) in [6.07, 6.45) is 0. The number of fused-ring (bicyclic) bond motifs is 2. The van der Waals surface area contributed by atoms with Gasteiger partial charge in [-0.25, -0.2) is 0 Å². The third-order valence-corrected chi connectivity index (χ3v) is 4.04. The van der Waals surface area contributed by atoms with Crippen LogP contribution in [0.25, 0.3) is 0 Å². The topological polar surface area (TPSA) is 93.2 Å². The van der Waals surface area contributed by atoms with Crippen LogP contribution in [0, 0.1) is 0 Å². The summed E-state index contributed by atoms with van der Waals surface area (Å²) < 4.78 is 0. The Morgan fingerprint density at radius 2 is 0.808 bits per heavy atom. The van der Waals surface area contributed by atoms with Gasteiger partial charge in [0.2, 0.25) is 0 Å². The molecule has 0 aromatic heterocycles. The number of imide groups is 2. The maximum Gasteiger partial charge on any atom is 0.285 e. The lowest BCUT2D eigenvalue weighted by Gasteiger charge is -2.16. The van der Waals surface area contributed by atoms with Crippen molar-refractivity contribution >= 4 is 23.6 Å². The molecule has 4 rings (SSSR count). The van der Waals surface area contributed by atoms with Gasteiger partial charge in [0.15, 0.2) is 0 Å². The Balaban J connectivity index is 1.35. The molecular weight excluding hydrogens is 340 g/mol. The zero-order valence-corrected chi connectivity index (χ0v) is 13.4. The molecule has 0 fully saturated rings. The van der Waals surface area contributed by atoms with Gasteiger partial charge in [0, 0.05) is 0 Å². The van der Waals surface area contributed by atoms with Crippen molar-refractivity contribution in [2.75, 3.05) is 13.2 Å². The smallest absolute Gasteiger partial charge is 0.266 e. The van der Waals surface area contributed by atoms with E-state index < -0.39 is 23.6 Å². The van der Waals surface area contributed by atoms with Gasteiger partial charge in [-0.15, -0.1) is 10.1 Å². The zero-order chi connectivity index (χ0) is 18.3. The van der Waals surface area contributed by atoms with Crippen molar-refractivity contribution < 1.29 is 28.9 Å². The Morgan fingerprint density at radius 1 is 0.538 bits per heavy atom. The highest BCUT2D eigenvalue weighted by Gasteiger charge is 2.38. The average Bonchev–Trinajstić information content (AvgIpc) is 3.06. The normalized spacial score (nSPS) is 15.7. The van der Waals surface area contributed by atoms with Crippen molar-refractivity contribution in [3.63, 3.8) is 0 Å². The monoisotopic (exact) mass is 352 g/mol. The van der Waals surface area contributed by atoms with E-state index in [-0.39, 0.29) is 35.5 Å². The highest BCUT2D eigenvalue weighted by Crippen LogP contribution is 2.24. The summed E-state index contributed by atoms with van der Waals surface area (Å²) in [5.74, 6) is -2.25. The lowest BCUT2D eigenvalue weighted by molar-refractivity contribution is -0.145. The fourth-order valence-corrected chi connectivity index (χ4v) is 2.83. The SMILES string of the molecule is O=C1c2ccccc2C(=O)N1OCCON1C(=O)c2ccccc2C1=O. The molecular formula is C18H12N2O6. The first-order chi connectivity index (χ1) is 12.6. The molecule has 0 saturated heterocycles. The number of rotatable bonds is 5. The molecule has 0 N–H and O–H groups in total. The molecule has 2 aromatic carbocycles. The van der Waals surface area contributed by atoms with Gasteiger partial charge < -0.3 is 0 Å². The van der Waals surface area contributed by atoms with Gasteiger partial charge in [0.1, 0.15) is 13.2 Å². The molecule has 8 heteroatoms. The van der Waals surface area contributed by atoms with Crippen molar-refractivity contribution in [3.8, 4) is 0 Å².